The van der Waals surface area contributed by atoms with Crippen LogP contribution in [-0.4, -0.2) is 22.9 Å². The zero-order chi connectivity index (χ0) is 17.0. The Hall–Kier alpha value is -1.99. The molecule has 1 aliphatic heterocycles. The van der Waals surface area contributed by atoms with Gasteiger partial charge < -0.3 is 10.2 Å². The van der Waals surface area contributed by atoms with E-state index in [-0.39, 0.29) is 5.57 Å². The number of nitriles is 1. The van der Waals surface area contributed by atoms with Crippen LogP contribution in [0.25, 0.3) is 0 Å². The normalized spacial score (nSPS) is 21.7. The second-order valence-electron chi connectivity index (χ2n) is 6.14. The molecule has 0 aromatic heterocycles. The molecule has 1 aromatic carbocycles. The lowest BCUT2D eigenvalue weighted by molar-refractivity contribution is -0.112. The third-order valence-electron chi connectivity index (χ3n) is 4.35. The molecule has 2 rings (SSSR count). The van der Waals surface area contributed by atoms with E-state index >= 15 is 0 Å². The van der Waals surface area contributed by atoms with Crippen molar-refractivity contribution in [2.24, 2.45) is 0 Å². The number of nitrogens with zero attached hydrogens (tertiary/aromatic N) is 2. The molecule has 5 heteroatoms. The number of benzene rings is 1. The van der Waals surface area contributed by atoms with Gasteiger partial charge in [-0.1, -0.05) is 17.7 Å². The van der Waals surface area contributed by atoms with Crippen LogP contribution in [0.1, 0.15) is 38.7 Å². The van der Waals surface area contributed by atoms with Crippen molar-refractivity contribution in [2.75, 3.05) is 5.32 Å². The molecule has 122 valence electrons. The number of amides is 1. The molecule has 2 atom stereocenters. The number of nitrogens with one attached hydrogen (secondary N) is 1. The molecule has 23 heavy (non-hydrogen) atoms. The highest BCUT2D eigenvalue weighted by Crippen LogP contribution is 2.24. The number of likely N-dealkylation sites (tertiary alicyclic amines) is 1. The maximum Gasteiger partial charge on any atom is 0.267 e. The maximum atomic E-state index is 12.4. The minimum atomic E-state index is -0.400. The Morgan fingerprint density at radius 2 is 2.04 bits per heavy atom. The van der Waals surface area contributed by atoms with E-state index in [4.69, 9.17) is 11.6 Å². The van der Waals surface area contributed by atoms with E-state index in [1.165, 1.54) is 6.42 Å². The Morgan fingerprint density at radius 1 is 1.39 bits per heavy atom. The number of carbonyl (C=O) groups is 1. The van der Waals surface area contributed by atoms with Gasteiger partial charge in [-0.3, -0.25) is 4.79 Å². The first-order chi connectivity index (χ1) is 10.9. The van der Waals surface area contributed by atoms with Gasteiger partial charge in [-0.05, 0) is 57.7 Å². The SMILES string of the molecule is Cc1ccc(Cl)cc1NC(=O)/C(C#N)=C\N1C(C)CCCC1C. The molecule has 0 radical (unpaired) electrons. The molecular formula is C18H22ClN3O. The minimum absolute atomic E-state index is 0.116. The number of piperidine rings is 1. The number of hydrogen-bond acceptors (Lipinski definition) is 3. The van der Waals surface area contributed by atoms with Gasteiger partial charge in [0, 0.05) is 29.0 Å². The predicted molar refractivity (Wildman–Crippen MR) is 93.1 cm³/mol. The third-order valence-corrected chi connectivity index (χ3v) is 4.59. The van der Waals surface area contributed by atoms with E-state index in [0.29, 0.717) is 22.8 Å². The summed E-state index contributed by atoms with van der Waals surface area (Å²) in [7, 11) is 0. The van der Waals surface area contributed by atoms with Crippen molar-refractivity contribution in [1.82, 2.24) is 4.90 Å². The van der Waals surface area contributed by atoms with Crippen LogP contribution in [0.5, 0.6) is 0 Å². The van der Waals surface area contributed by atoms with Crippen molar-refractivity contribution in [1.29, 1.82) is 5.26 Å². The van der Waals surface area contributed by atoms with Crippen LogP contribution in [0, 0.1) is 18.3 Å². The number of anilines is 1. The lowest BCUT2D eigenvalue weighted by Gasteiger charge is -2.38. The van der Waals surface area contributed by atoms with Crippen LogP contribution in [0.4, 0.5) is 5.69 Å². The van der Waals surface area contributed by atoms with E-state index in [2.05, 4.69) is 24.1 Å². The first-order valence-corrected chi connectivity index (χ1v) is 8.27. The van der Waals surface area contributed by atoms with E-state index in [0.717, 1.165) is 18.4 Å². The first-order valence-electron chi connectivity index (χ1n) is 7.89. The summed E-state index contributed by atoms with van der Waals surface area (Å²) in [6.07, 6.45) is 5.04. The Balaban J connectivity index is 2.20. The highest BCUT2D eigenvalue weighted by Gasteiger charge is 2.23. The molecule has 4 nitrogen and oxygen atoms in total. The Labute approximate surface area is 142 Å². The molecule has 2 unspecified atom stereocenters. The van der Waals surface area contributed by atoms with Gasteiger partial charge in [0.05, 0.1) is 0 Å². The van der Waals surface area contributed by atoms with Crippen LogP contribution in [-0.2, 0) is 4.79 Å². The summed E-state index contributed by atoms with van der Waals surface area (Å²) in [6.45, 7) is 6.14. The van der Waals surface area contributed by atoms with Crippen LogP contribution in [0.15, 0.2) is 30.0 Å². The summed E-state index contributed by atoms with van der Waals surface area (Å²) in [4.78, 5) is 14.5. The van der Waals surface area contributed by atoms with Crippen LogP contribution in [0.3, 0.4) is 0 Å². The predicted octanol–water partition coefficient (Wildman–Crippen LogP) is 4.26. The Morgan fingerprint density at radius 3 is 2.65 bits per heavy atom. The second-order valence-corrected chi connectivity index (χ2v) is 6.58. The van der Waals surface area contributed by atoms with Gasteiger partial charge in [0.2, 0.25) is 0 Å². The third kappa shape index (κ3) is 4.27. The molecule has 0 spiro atoms. The molecule has 1 aliphatic rings. The van der Waals surface area contributed by atoms with Crippen LogP contribution in [0.2, 0.25) is 5.02 Å². The van der Waals surface area contributed by atoms with E-state index in [9.17, 15) is 10.1 Å². The zero-order valence-electron chi connectivity index (χ0n) is 13.8. The fraction of sp³-hybridized carbons (Fsp3) is 0.444. The largest absolute Gasteiger partial charge is 0.371 e. The number of rotatable bonds is 3. The Kier molecular flexibility index (Phi) is 5.68. The lowest BCUT2D eigenvalue weighted by atomic mass is 9.98. The van der Waals surface area contributed by atoms with Crippen molar-refractivity contribution in [2.45, 2.75) is 52.1 Å². The van der Waals surface area contributed by atoms with Crippen molar-refractivity contribution in [3.8, 4) is 6.07 Å². The summed E-state index contributed by atoms with van der Waals surface area (Å²) in [5, 5.41) is 12.7. The van der Waals surface area contributed by atoms with Gasteiger partial charge in [-0.15, -0.1) is 0 Å². The van der Waals surface area contributed by atoms with E-state index in [1.807, 2.05) is 19.1 Å². The molecule has 0 saturated carbocycles. The summed E-state index contributed by atoms with van der Waals surface area (Å²) in [5.74, 6) is -0.400. The summed E-state index contributed by atoms with van der Waals surface area (Å²) in [6, 6.07) is 7.99. The van der Waals surface area contributed by atoms with Gasteiger partial charge in [0.15, 0.2) is 0 Å². The topological polar surface area (TPSA) is 56.1 Å². The van der Waals surface area contributed by atoms with Crippen molar-refractivity contribution in [3.63, 3.8) is 0 Å². The van der Waals surface area contributed by atoms with Gasteiger partial charge in [0.1, 0.15) is 11.6 Å². The molecule has 0 bridgehead atoms. The van der Waals surface area contributed by atoms with Gasteiger partial charge in [0.25, 0.3) is 5.91 Å². The smallest absolute Gasteiger partial charge is 0.267 e. The maximum absolute atomic E-state index is 12.4. The second kappa shape index (κ2) is 7.52. The molecule has 0 aliphatic carbocycles. The summed E-state index contributed by atoms with van der Waals surface area (Å²) < 4.78 is 0. The number of aryl methyl sites for hydroxylation is 1. The highest BCUT2D eigenvalue weighted by molar-refractivity contribution is 6.31. The number of carbonyl (C=O) groups excluding carboxylic acids is 1. The van der Waals surface area contributed by atoms with Gasteiger partial charge >= 0.3 is 0 Å². The number of hydrogen-bond donors (Lipinski definition) is 1. The van der Waals surface area contributed by atoms with Gasteiger partial charge in [-0.2, -0.15) is 5.26 Å². The molecule has 1 aromatic rings. The minimum Gasteiger partial charge on any atom is -0.371 e. The standard InChI is InChI=1S/C18H22ClN3O/c1-12-7-8-16(19)9-17(12)21-18(23)15(10-20)11-22-13(2)5-4-6-14(22)3/h7-9,11,13-14H,4-6H2,1-3H3,(H,21,23)/b15-11-. The van der Waals surface area contributed by atoms with Crippen molar-refractivity contribution >= 4 is 23.2 Å². The average molecular weight is 332 g/mol. The van der Waals surface area contributed by atoms with Crippen LogP contribution >= 0.6 is 11.6 Å². The highest BCUT2D eigenvalue weighted by atomic mass is 35.5. The van der Waals surface area contributed by atoms with Crippen molar-refractivity contribution in [3.05, 3.63) is 40.6 Å². The zero-order valence-corrected chi connectivity index (χ0v) is 14.5. The van der Waals surface area contributed by atoms with Crippen LogP contribution < -0.4 is 5.32 Å². The van der Waals surface area contributed by atoms with E-state index in [1.54, 1.807) is 18.3 Å². The van der Waals surface area contributed by atoms with Gasteiger partial charge in [-0.25, -0.2) is 0 Å². The quantitative estimate of drug-likeness (QED) is 0.665. The first kappa shape index (κ1) is 17.4. The molecule has 1 fully saturated rings. The fourth-order valence-corrected chi connectivity index (χ4v) is 3.07. The fourth-order valence-electron chi connectivity index (χ4n) is 2.90. The summed E-state index contributed by atoms with van der Waals surface area (Å²) >= 11 is 5.97. The monoisotopic (exact) mass is 331 g/mol. The molecule has 1 N–H and O–H groups in total. The average Bonchev–Trinajstić information content (AvgIpc) is 2.50. The lowest BCUT2D eigenvalue weighted by Crippen LogP contribution is -2.40. The number of halogens is 1. The van der Waals surface area contributed by atoms with E-state index < -0.39 is 5.91 Å². The molecule has 1 amide bonds. The van der Waals surface area contributed by atoms with Crippen molar-refractivity contribution < 1.29 is 4.79 Å². The molecular weight excluding hydrogens is 310 g/mol. The summed E-state index contributed by atoms with van der Waals surface area (Å²) in [5.41, 5.74) is 1.65. The Bertz CT molecular complexity index is 653. The molecule has 1 saturated heterocycles. The molecule has 1 heterocycles.